The van der Waals surface area contributed by atoms with E-state index >= 15 is 0 Å². The van der Waals surface area contributed by atoms with E-state index in [1.54, 1.807) is 6.92 Å². The average Bonchev–Trinajstić information content (AvgIpc) is 2.34. The third-order valence-corrected chi connectivity index (χ3v) is 4.11. The highest BCUT2D eigenvalue weighted by atomic mass is 35.5. The van der Waals surface area contributed by atoms with Crippen LogP contribution in [0.25, 0.3) is 0 Å². The first-order valence-corrected chi connectivity index (χ1v) is 7.23. The standard InChI is InChI=1S/C10H13ClN4O3S/c1-6(5-18-2)9-14-19(16,17)8-3-7(11)4-13-10(8)15(9)12/h3-4,6H,5,12H2,1-2H3. The van der Waals surface area contributed by atoms with Gasteiger partial charge in [0.1, 0.15) is 10.7 Å². The fourth-order valence-electron chi connectivity index (χ4n) is 1.76. The van der Waals surface area contributed by atoms with E-state index in [2.05, 4.69) is 9.38 Å². The Kier molecular flexibility index (Phi) is 3.77. The molecule has 1 unspecified atom stereocenters. The lowest BCUT2D eigenvalue weighted by Gasteiger charge is -2.28. The first-order chi connectivity index (χ1) is 8.86. The number of hydrogen-bond donors (Lipinski definition) is 1. The number of hydrogen-bond acceptors (Lipinski definition) is 6. The summed E-state index contributed by atoms with van der Waals surface area (Å²) in [5.74, 6) is 5.88. The minimum Gasteiger partial charge on any atom is -0.384 e. The number of amidine groups is 1. The molecule has 0 bridgehead atoms. The summed E-state index contributed by atoms with van der Waals surface area (Å²) < 4.78 is 32.8. The molecule has 7 nitrogen and oxygen atoms in total. The number of anilines is 1. The van der Waals surface area contributed by atoms with Gasteiger partial charge in [0, 0.05) is 19.2 Å². The second kappa shape index (κ2) is 5.04. The average molecular weight is 305 g/mol. The maximum absolute atomic E-state index is 12.1. The third-order valence-electron chi connectivity index (χ3n) is 2.62. The molecule has 0 radical (unpaired) electrons. The van der Waals surface area contributed by atoms with E-state index in [-0.39, 0.29) is 27.5 Å². The van der Waals surface area contributed by atoms with Crippen LogP contribution in [-0.2, 0) is 14.8 Å². The van der Waals surface area contributed by atoms with Crippen molar-refractivity contribution in [3.8, 4) is 0 Å². The van der Waals surface area contributed by atoms with Crippen molar-refractivity contribution in [2.45, 2.75) is 11.8 Å². The van der Waals surface area contributed by atoms with Gasteiger partial charge in [0.2, 0.25) is 0 Å². The molecule has 1 atom stereocenters. The number of pyridine rings is 1. The molecule has 0 spiro atoms. The van der Waals surface area contributed by atoms with Crippen LogP contribution in [0.5, 0.6) is 0 Å². The van der Waals surface area contributed by atoms with Crippen molar-refractivity contribution in [1.82, 2.24) is 4.98 Å². The maximum atomic E-state index is 12.1. The number of hydrazine groups is 1. The largest absolute Gasteiger partial charge is 0.384 e. The zero-order valence-corrected chi connectivity index (χ0v) is 11.9. The smallest absolute Gasteiger partial charge is 0.287 e. The van der Waals surface area contributed by atoms with Gasteiger partial charge in [-0.05, 0) is 6.07 Å². The minimum absolute atomic E-state index is 0.101. The Labute approximate surface area is 116 Å². The Hall–Kier alpha value is -1.22. The molecule has 0 saturated carbocycles. The lowest BCUT2D eigenvalue weighted by molar-refractivity contribution is 0.181. The van der Waals surface area contributed by atoms with Gasteiger partial charge in [-0.1, -0.05) is 18.5 Å². The van der Waals surface area contributed by atoms with Gasteiger partial charge < -0.3 is 4.74 Å². The Bertz CT molecular complexity index is 632. The Balaban J connectivity index is 2.55. The van der Waals surface area contributed by atoms with Crippen molar-refractivity contribution in [2.24, 2.45) is 16.2 Å². The summed E-state index contributed by atoms with van der Waals surface area (Å²) in [5, 5.41) is 1.36. The van der Waals surface area contributed by atoms with Crippen LogP contribution in [0.2, 0.25) is 5.02 Å². The molecule has 1 aliphatic rings. The predicted molar refractivity (Wildman–Crippen MR) is 71.6 cm³/mol. The molecule has 0 amide bonds. The summed E-state index contributed by atoms with van der Waals surface area (Å²) in [4.78, 5) is 3.86. The van der Waals surface area contributed by atoms with Crippen molar-refractivity contribution in [3.05, 3.63) is 17.3 Å². The van der Waals surface area contributed by atoms with Gasteiger partial charge >= 0.3 is 0 Å². The topological polar surface area (TPSA) is 97.9 Å². The molecule has 0 saturated heterocycles. The summed E-state index contributed by atoms with van der Waals surface area (Å²) in [5.41, 5.74) is 0. The Morgan fingerprint density at radius 2 is 2.26 bits per heavy atom. The fraction of sp³-hybridized carbons (Fsp3) is 0.400. The number of ether oxygens (including phenoxy) is 1. The van der Waals surface area contributed by atoms with Gasteiger partial charge in [0.15, 0.2) is 5.82 Å². The van der Waals surface area contributed by atoms with Gasteiger partial charge in [0.05, 0.1) is 11.6 Å². The van der Waals surface area contributed by atoms with E-state index in [9.17, 15) is 8.42 Å². The van der Waals surface area contributed by atoms with E-state index in [0.717, 1.165) is 5.01 Å². The fourth-order valence-corrected chi connectivity index (χ4v) is 3.25. The molecule has 2 heterocycles. The normalized spacial score (nSPS) is 18.7. The molecule has 0 fully saturated rings. The summed E-state index contributed by atoms with van der Waals surface area (Å²) in [6.45, 7) is 2.06. The molecule has 19 heavy (non-hydrogen) atoms. The molecule has 9 heteroatoms. The van der Waals surface area contributed by atoms with E-state index in [1.807, 2.05) is 0 Å². The second-order valence-corrected chi connectivity index (χ2v) is 6.14. The van der Waals surface area contributed by atoms with Crippen LogP contribution in [0.3, 0.4) is 0 Å². The number of rotatable bonds is 3. The Morgan fingerprint density at radius 3 is 2.89 bits per heavy atom. The van der Waals surface area contributed by atoms with E-state index in [4.69, 9.17) is 22.2 Å². The lowest BCUT2D eigenvalue weighted by Crippen LogP contribution is -2.46. The van der Waals surface area contributed by atoms with Gasteiger partial charge in [-0.25, -0.2) is 15.8 Å². The van der Waals surface area contributed by atoms with Gasteiger partial charge in [-0.15, -0.1) is 4.40 Å². The molecule has 104 valence electrons. The molecule has 1 aromatic rings. The summed E-state index contributed by atoms with van der Waals surface area (Å²) in [6, 6.07) is 1.28. The maximum Gasteiger partial charge on any atom is 0.287 e. The van der Waals surface area contributed by atoms with Gasteiger partial charge in [0.25, 0.3) is 10.0 Å². The van der Waals surface area contributed by atoms with E-state index in [1.165, 1.54) is 19.4 Å². The van der Waals surface area contributed by atoms with Crippen LogP contribution in [-0.4, -0.2) is 33.0 Å². The minimum atomic E-state index is -3.85. The van der Waals surface area contributed by atoms with Crippen LogP contribution in [0.15, 0.2) is 21.6 Å². The van der Waals surface area contributed by atoms with Crippen molar-refractivity contribution < 1.29 is 13.2 Å². The van der Waals surface area contributed by atoms with Crippen LogP contribution in [0.4, 0.5) is 5.82 Å². The van der Waals surface area contributed by atoms with Crippen molar-refractivity contribution in [1.29, 1.82) is 0 Å². The van der Waals surface area contributed by atoms with Crippen molar-refractivity contribution in [2.75, 3.05) is 18.7 Å². The molecule has 1 aliphatic heterocycles. The van der Waals surface area contributed by atoms with Crippen LogP contribution in [0, 0.1) is 5.92 Å². The van der Waals surface area contributed by atoms with Crippen molar-refractivity contribution >= 4 is 33.3 Å². The molecule has 2 N–H and O–H groups in total. The third kappa shape index (κ3) is 2.57. The molecular formula is C10H13ClN4O3S. The number of sulfonamides is 1. The van der Waals surface area contributed by atoms with E-state index < -0.39 is 10.0 Å². The summed E-state index contributed by atoms with van der Waals surface area (Å²) in [6.07, 6.45) is 1.33. The first kappa shape index (κ1) is 14.2. The first-order valence-electron chi connectivity index (χ1n) is 5.41. The quantitative estimate of drug-likeness (QED) is 0.829. The zero-order chi connectivity index (χ0) is 14.2. The number of fused-ring (bicyclic) bond motifs is 1. The Morgan fingerprint density at radius 1 is 1.58 bits per heavy atom. The molecule has 0 aromatic carbocycles. The van der Waals surface area contributed by atoms with E-state index in [0.29, 0.717) is 6.61 Å². The number of methoxy groups -OCH3 is 1. The van der Waals surface area contributed by atoms with Gasteiger partial charge in [-0.2, -0.15) is 8.42 Å². The number of nitrogens with two attached hydrogens (primary N) is 1. The molecule has 0 aliphatic carbocycles. The summed E-state index contributed by atoms with van der Waals surface area (Å²) in [7, 11) is -2.33. The lowest BCUT2D eigenvalue weighted by atomic mass is 10.1. The molecular weight excluding hydrogens is 292 g/mol. The predicted octanol–water partition coefficient (Wildman–Crippen LogP) is 0.798. The van der Waals surface area contributed by atoms with Crippen LogP contribution in [0.1, 0.15) is 6.92 Å². The number of aromatic nitrogens is 1. The number of nitrogens with zero attached hydrogens (tertiary/aromatic N) is 3. The summed E-state index contributed by atoms with van der Waals surface area (Å²) >= 11 is 5.75. The molecule has 2 rings (SSSR count). The second-order valence-electron chi connectivity index (χ2n) is 4.13. The highest BCUT2D eigenvalue weighted by Crippen LogP contribution is 2.31. The van der Waals surface area contributed by atoms with Crippen LogP contribution >= 0.6 is 11.6 Å². The zero-order valence-electron chi connectivity index (χ0n) is 10.4. The SMILES string of the molecule is COCC(C)C1=NS(=O)(=O)c2cc(Cl)cnc2N1N. The highest BCUT2D eigenvalue weighted by molar-refractivity contribution is 7.90. The monoisotopic (exact) mass is 304 g/mol. The van der Waals surface area contributed by atoms with Crippen molar-refractivity contribution in [3.63, 3.8) is 0 Å². The highest BCUT2D eigenvalue weighted by Gasteiger charge is 2.33. The molecule has 1 aromatic heterocycles. The van der Waals surface area contributed by atoms with Gasteiger partial charge in [-0.3, -0.25) is 0 Å². The number of halogens is 1. The van der Waals surface area contributed by atoms with Crippen LogP contribution < -0.4 is 10.9 Å².